The van der Waals surface area contributed by atoms with Gasteiger partial charge < -0.3 is 13.9 Å². The molecule has 0 aliphatic carbocycles. The van der Waals surface area contributed by atoms with E-state index in [2.05, 4.69) is 53.6 Å². The van der Waals surface area contributed by atoms with Gasteiger partial charge in [-0.05, 0) is 42.4 Å². The van der Waals surface area contributed by atoms with Gasteiger partial charge in [0.25, 0.3) is 0 Å². The van der Waals surface area contributed by atoms with Crippen LogP contribution in [0.1, 0.15) is 41.0 Å². The van der Waals surface area contributed by atoms with Gasteiger partial charge in [0.2, 0.25) is 0 Å². The lowest BCUT2D eigenvalue weighted by atomic mass is 9.86. The molecular weight excluding hydrogens is 328 g/mol. The quantitative estimate of drug-likeness (QED) is 0.450. The van der Waals surface area contributed by atoms with Gasteiger partial charge in [-0.3, -0.25) is 0 Å². The zero-order valence-corrected chi connectivity index (χ0v) is 18.1. The third-order valence-electron chi connectivity index (χ3n) is 5.09. The Morgan fingerprint density at radius 3 is 2.00 bits per heavy atom. The molecule has 4 heteroatoms. The Morgan fingerprint density at radius 1 is 1.04 bits per heavy atom. The molecule has 0 N–H and O–H groups in total. The molecule has 0 amide bonds. The third-order valence-corrected chi connectivity index (χ3v) is 9.57. The predicted molar refractivity (Wildman–Crippen MR) is 108 cm³/mol. The molecule has 1 aromatic rings. The molecule has 0 radical (unpaired) electrons. The van der Waals surface area contributed by atoms with Crippen LogP contribution in [0.3, 0.4) is 0 Å². The molecule has 0 aliphatic heterocycles. The largest absolute Gasteiger partial charge is 0.497 e. The lowest BCUT2D eigenvalue weighted by molar-refractivity contribution is 0.0275. The molecule has 140 valence electrons. The normalized spacial score (nSPS) is 13.9. The summed E-state index contributed by atoms with van der Waals surface area (Å²) < 4.78 is 17.8. The zero-order valence-electron chi connectivity index (χ0n) is 17.1. The van der Waals surface area contributed by atoms with Gasteiger partial charge >= 0.3 is 0 Å². The fourth-order valence-corrected chi connectivity index (χ4v) is 3.62. The van der Waals surface area contributed by atoms with Crippen molar-refractivity contribution in [3.8, 4) is 23.8 Å². The van der Waals surface area contributed by atoms with Crippen molar-refractivity contribution in [3.05, 3.63) is 24.3 Å². The highest BCUT2D eigenvalue weighted by Gasteiger charge is 2.42. The number of hydrogen-bond donors (Lipinski definition) is 0. The maximum atomic E-state index is 6.63. The first-order valence-corrected chi connectivity index (χ1v) is 11.7. The van der Waals surface area contributed by atoms with Gasteiger partial charge in [0.1, 0.15) is 11.5 Å². The fourth-order valence-electron chi connectivity index (χ4n) is 2.15. The van der Waals surface area contributed by atoms with E-state index in [1.54, 1.807) is 7.11 Å². The molecule has 0 saturated carbocycles. The zero-order chi connectivity index (χ0) is 19.3. The van der Waals surface area contributed by atoms with E-state index in [0.717, 1.165) is 11.5 Å². The number of ether oxygens (including phenoxy) is 2. The van der Waals surface area contributed by atoms with Crippen LogP contribution < -0.4 is 9.47 Å². The van der Waals surface area contributed by atoms with Crippen LogP contribution in [-0.2, 0) is 4.43 Å². The van der Waals surface area contributed by atoms with Crippen LogP contribution in [0.5, 0.6) is 11.5 Å². The molecule has 0 aromatic heterocycles. The second kappa shape index (κ2) is 8.29. The molecule has 0 heterocycles. The molecule has 3 nitrogen and oxygen atoms in total. The van der Waals surface area contributed by atoms with Crippen molar-refractivity contribution in [2.75, 3.05) is 13.7 Å². The summed E-state index contributed by atoms with van der Waals surface area (Å²) in [6, 6.07) is 7.63. The van der Waals surface area contributed by atoms with Gasteiger partial charge in [-0.1, -0.05) is 34.6 Å². The van der Waals surface area contributed by atoms with Crippen LogP contribution in [0.15, 0.2) is 24.3 Å². The maximum Gasteiger partial charge on any atom is 0.192 e. The first kappa shape index (κ1) is 21.6. The van der Waals surface area contributed by atoms with Gasteiger partial charge in [0.05, 0.1) is 19.8 Å². The molecule has 0 bridgehead atoms. The molecular formula is C21H34O3Si. The summed E-state index contributed by atoms with van der Waals surface area (Å²) in [6.07, 6.45) is 6.18. The van der Waals surface area contributed by atoms with Crippen molar-refractivity contribution in [1.29, 1.82) is 0 Å². The van der Waals surface area contributed by atoms with Crippen LogP contribution >= 0.6 is 0 Å². The van der Waals surface area contributed by atoms with E-state index in [1.807, 2.05) is 24.3 Å². The van der Waals surface area contributed by atoms with E-state index in [9.17, 15) is 0 Å². The Bertz CT molecular complexity index is 577. The summed E-state index contributed by atoms with van der Waals surface area (Å²) in [5.74, 6) is 4.42. The summed E-state index contributed by atoms with van der Waals surface area (Å²) in [5.41, 5.74) is -0.193. The minimum absolute atomic E-state index is 0.0309. The lowest BCUT2D eigenvalue weighted by Crippen LogP contribution is -2.49. The molecule has 0 aliphatic rings. The Morgan fingerprint density at radius 2 is 1.56 bits per heavy atom. The van der Waals surface area contributed by atoms with Gasteiger partial charge in [0, 0.05) is 11.8 Å². The van der Waals surface area contributed by atoms with E-state index in [-0.39, 0.29) is 16.6 Å². The van der Waals surface area contributed by atoms with Crippen molar-refractivity contribution >= 4 is 8.32 Å². The molecule has 1 rings (SSSR count). The molecule has 0 saturated heterocycles. The number of benzene rings is 1. The molecule has 0 spiro atoms. The molecule has 25 heavy (non-hydrogen) atoms. The fraction of sp³-hybridized carbons (Fsp3) is 0.619. The highest BCUT2D eigenvalue weighted by atomic mass is 28.4. The van der Waals surface area contributed by atoms with Crippen LogP contribution in [-0.4, -0.2) is 28.1 Å². The average Bonchev–Trinajstić information content (AvgIpc) is 2.52. The van der Waals surface area contributed by atoms with E-state index in [0.29, 0.717) is 13.0 Å². The van der Waals surface area contributed by atoms with E-state index >= 15 is 0 Å². The smallest absolute Gasteiger partial charge is 0.192 e. The number of methoxy groups -OCH3 is 1. The van der Waals surface area contributed by atoms with Crippen LogP contribution in [0.25, 0.3) is 0 Å². The van der Waals surface area contributed by atoms with E-state index in [1.165, 1.54) is 0 Å². The van der Waals surface area contributed by atoms with Gasteiger partial charge in [0.15, 0.2) is 8.32 Å². The van der Waals surface area contributed by atoms with Crippen molar-refractivity contribution in [3.63, 3.8) is 0 Å². The maximum absolute atomic E-state index is 6.63. The van der Waals surface area contributed by atoms with Gasteiger partial charge in [-0.25, -0.2) is 0 Å². The Labute approximate surface area is 155 Å². The van der Waals surface area contributed by atoms with Gasteiger partial charge in [-0.2, -0.15) is 0 Å². The topological polar surface area (TPSA) is 27.7 Å². The highest BCUT2D eigenvalue weighted by Crippen LogP contribution is 2.40. The van der Waals surface area contributed by atoms with Crippen LogP contribution in [0, 0.1) is 17.8 Å². The van der Waals surface area contributed by atoms with Crippen molar-refractivity contribution < 1.29 is 13.9 Å². The van der Waals surface area contributed by atoms with Crippen LogP contribution in [0.4, 0.5) is 0 Å². The first-order chi connectivity index (χ1) is 11.4. The molecule has 1 atom stereocenters. The molecule has 1 aromatic carbocycles. The summed E-state index contributed by atoms with van der Waals surface area (Å²) in [6.45, 7) is 16.1. The van der Waals surface area contributed by atoms with Crippen LogP contribution in [0.2, 0.25) is 18.1 Å². The summed E-state index contributed by atoms with van der Waals surface area (Å²) in [7, 11) is -0.249. The van der Waals surface area contributed by atoms with Crippen molar-refractivity contribution in [2.24, 2.45) is 5.41 Å². The monoisotopic (exact) mass is 362 g/mol. The average molecular weight is 363 g/mol. The second-order valence-electron chi connectivity index (χ2n) is 8.73. The number of hydrogen-bond acceptors (Lipinski definition) is 3. The highest BCUT2D eigenvalue weighted by molar-refractivity contribution is 6.74. The summed E-state index contributed by atoms with van der Waals surface area (Å²) >= 11 is 0. The summed E-state index contributed by atoms with van der Waals surface area (Å²) in [5, 5.41) is 0.146. The molecule has 0 fully saturated rings. The predicted octanol–water partition coefficient (Wildman–Crippen LogP) is 5.51. The molecule has 1 unspecified atom stereocenters. The first-order valence-electron chi connectivity index (χ1n) is 8.81. The van der Waals surface area contributed by atoms with Gasteiger partial charge in [-0.15, -0.1) is 12.3 Å². The minimum Gasteiger partial charge on any atom is -0.497 e. The summed E-state index contributed by atoms with van der Waals surface area (Å²) in [4.78, 5) is 0. The Balaban J connectivity index is 2.84. The SMILES string of the molecule is C#CCC(O[Si](C)(C)C(C)(C)C)C(C)(C)COc1ccc(OC)cc1. The van der Waals surface area contributed by atoms with Crippen molar-refractivity contribution in [1.82, 2.24) is 0 Å². The Hall–Kier alpha value is -1.44. The van der Waals surface area contributed by atoms with E-state index in [4.69, 9.17) is 20.3 Å². The third kappa shape index (κ3) is 6.09. The van der Waals surface area contributed by atoms with E-state index < -0.39 is 8.32 Å². The second-order valence-corrected chi connectivity index (χ2v) is 13.5. The lowest BCUT2D eigenvalue weighted by Gasteiger charge is -2.43. The standard InChI is InChI=1S/C21H34O3Si/c1-10-11-19(24-25(8,9)20(2,3)4)21(5,6)16-23-18-14-12-17(22-7)13-15-18/h1,12-15,19H,11,16H2,2-9H3. The Kier molecular flexibility index (Phi) is 7.16. The van der Waals surface area contributed by atoms with Crippen molar-refractivity contribution in [2.45, 2.75) is 65.3 Å². The number of rotatable bonds is 8. The number of terminal acetylenes is 1. The minimum atomic E-state index is -1.90.